The van der Waals surface area contributed by atoms with Gasteiger partial charge in [0.25, 0.3) is 0 Å². The first kappa shape index (κ1) is 46.7. The Kier molecular flexibility index (Phi) is 16.0. The van der Waals surface area contributed by atoms with E-state index in [0.29, 0.717) is 43.7 Å². The maximum Gasteiger partial charge on any atom is 0.321 e. The van der Waals surface area contributed by atoms with E-state index in [0.717, 1.165) is 32.1 Å². The van der Waals surface area contributed by atoms with Crippen molar-refractivity contribution in [2.45, 2.75) is 113 Å². The number of fused-ring (bicyclic) bond motifs is 1. The molecule has 4 fully saturated rings. The van der Waals surface area contributed by atoms with Crippen LogP contribution < -0.4 is 37.2 Å². The third-order valence-electron chi connectivity index (χ3n) is 13.0. The van der Waals surface area contributed by atoms with E-state index in [9.17, 15) is 33.6 Å². The molecule has 0 spiro atoms. The second-order valence-electron chi connectivity index (χ2n) is 17.3. The first-order valence-electron chi connectivity index (χ1n) is 22.4. The number of urea groups is 2. The summed E-state index contributed by atoms with van der Waals surface area (Å²) in [5, 5.41) is 20.4. The second-order valence-corrected chi connectivity index (χ2v) is 17.3. The number of anilines is 2. The topological polar surface area (TPSA) is 217 Å². The lowest BCUT2D eigenvalue weighted by molar-refractivity contribution is -0.145. The number of likely N-dealkylation sites (N-methyl/N-ethyl adjacent to an activating group) is 3. The van der Waals surface area contributed by atoms with Crippen LogP contribution in [0.4, 0.5) is 21.0 Å². The largest absolute Gasteiger partial charge is 0.351 e. The molecule has 0 bridgehead atoms. The van der Waals surface area contributed by atoms with Crippen LogP contribution in [-0.2, 0) is 24.0 Å². The molecule has 342 valence electrons. The summed E-state index contributed by atoms with van der Waals surface area (Å²) in [7, 11) is 4.84. The van der Waals surface area contributed by atoms with Gasteiger partial charge in [-0.3, -0.25) is 24.0 Å². The van der Waals surface area contributed by atoms with Gasteiger partial charge in [0, 0.05) is 56.1 Å². The van der Waals surface area contributed by atoms with Gasteiger partial charge in [0.15, 0.2) is 0 Å². The Labute approximate surface area is 370 Å². The molecule has 2 aromatic carbocycles. The summed E-state index contributed by atoms with van der Waals surface area (Å²) in [4.78, 5) is 101. The number of carbonyl (C=O) groups is 7. The smallest absolute Gasteiger partial charge is 0.321 e. The molecular formula is C45H65N11O7. The quantitative estimate of drug-likeness (QED) is 0.148. The van der Waals surface area contributed by atoms with E-state index >= 15 is 0 Å². The molecule has 0 radical (unpaired) electrons. The maximum absolute atomic E-state index is 14.5. The number of nitrogens with one attached hydrogen (secondary N) is 7. The van der Waals surface area contributed by atoms with Gasteiger partial charge in [0.2, 0.25) is 29.5 Å². The van der Waals surface area contributed by atoms with E-state index in [1.807, 2.05) is 18.2 Å². The molecule has 18 heteroatoms. The molecule has 6 rings (SSSR count). The summed E-state index contributed by atoms with van der Waals surface area (Å²) >= 11 is 0. The molecule has 0 aromatic heterocycles. The first-order chi connectivity index (χ1) is 30.3. The predicted octanol–water partition coefficient (Wildman–Crippen LogP) is 2.01. The lowest BCUT2D eigenvalue weighted by atomic mass is 9.94. The zero-order chi connectivity index (χ0) is 45.2. The highest BCUT2D eigenvalue weighted by Gasteiger charge is 2.46. The summed E-state index contributed by atoms with van der Waals surface area (Å²) in [6.07, 6.45) is 6.12. The van der Waals surface area contributed by atoms with Crippen LogP contribution in [0.5, 0.6) is 0 Å². The second kappa shape index (κ2) is 21.6. The zero-order valence-electron chi connectivity index (χ0n) is 37.2. The minimum Gasteiger partial charge on any atom is -0.351 e. The number of carbonyl (C=O) groups excluding carboxylic acids is 7. The Morgan fingerprint density at radius 2 is 1.38 bits per heavy atom. The molecule has 3 saturated heterocycles. The van der Waals surface area contributed by atoms with Gasteiger partial charge >= 0.3 is 12.1 Å². The van der Waals surface area contributed by atoms with Gasteiger partial charge in [-0.2, -0.15) is 0 Å². The van der Waals surface area contributed by atoms with Gasteiger partial charge in [-0.1, -0.05) is 36.8 Å². The van der Waals surface area contributed by atoms with Gasteiger partial charge < -0.3 is 56.8 Å². The van der Waals surface area contributed by atoms with Crippen LogP contribution >= 0.6 is 0 Å². The molecule has 2 aromatic rings. The normalized spacial score (nSPS) is 23.7. The fourth-order valence-electron chi connectivity index (χ4n) is 9.05. The number of likely N-dealkylation sites (tertiary alicyclic amines) is 1. The van der Waals surface area contributed by atoms with Gasteiger partial charge in [-0.25, -0.2) is 9.59 Å². The van der Waals surface area contributed by atoms with E-state index in [-0.39, 0.29) is 55.4 Å². The fraction of sp³-hybridized carbons (Fsp3) is 0.578. The number of hydrogen-bond acceptors (Lipinski definition) is 9. The highest BCUT2D eigenvalue weighted by Crippen LogP contribution is 2.36. The molecular weight excluding hydrogens is 807 g/mol. The molecule has 1 aliphatic carbocycles. The van der Waals surface area contributed by atoms with Crippen molar-refractivity contribution in [2.75, 3.05) is 64.5 Å². The Morgan fingerprint density at radius 3 is 2.05 bits per heavy atom. The average molecular weight is 872 g/mol. The molecule has 7 N–H and O–H groups in total. The molecule has 63 heavy (non-hydrogen) atoms. The maximum atomic E-state index is 14.5. The van der Waals surface area contributed by atoms with E-state index in [1.54, 1.807) is 69.1 Å². The van der Waals surface area contributed by atoms with Gasteiger partial charge in [0.1, 0.15) is 18.1 Å². The summed E-state index contributed by atoms with van der Waals surface area (Å²) in [5.41, 5.74) is 2.05. The van der Waals surface area contributed by atoms with Crippen molar-refractivity contribution >= 4 is 53.0 Å². The number of amides is 9. The van der Waals surface area contributed by atoms with E-state index in [1.165, 1.54) is 15.4 Å². The lowest BCUT2D eigenvalue weighted by Gasteiger charge is -2.39. The molecule has 8 atom stereocenters. The van der Waals surface area contributed by atoms with Crippen LogP contribution in [0.2, 0.25) is 0 Å². The van der Waals surface area contributed by atoms with Crippen molar-refractivity contribution < 1.29 is 33.6 Å². The Hall–Kier alpha value is -5.75. The number of hydrogen-bond donors (Lipinski definition) is 7. The monoisotopic (exact) mass is 872 g/mol. The SMILES string of the molecule is CN[C@@H](C)C(=O)N[C@H]1CN(C(=O)Nc2ccc(NC(=O)N(C)C[C@@H](NC(=O)[C@H](C)NC)C(=O)N3CCCC3)cc2)CC[C@H]2CC[C@@H](C(=O)N[C@H]3CCC[C@H]3c3ccccc3)N2C1=O. The molecule has 1 saturated carbocycles. The Balaban J connectivity index is 1.08. The van der Waals surface area contributed by atoms with E-state index < -0.39 is 54.1 Å². The van der Waals surface area contributed by atoms with Crippen LogP contribution in [-0.4, -0.2) is 157 Å². The van der Waals surface area contributed by atoms with Crippen LogP contribution in [0.25, 0.3) is 0 Å². The van der Waals surface area contributed by atoms with E-state index in [2.05, 4.69) is 49.4 Å². The van der Waals surface area contributed by atoms with Gasteiger partial charge in [-0.15, -0.1) is 0 Å². The third-order valence-corrected chi connectivity index (χ3v) is 13.0. The van der Waals surface area contributed by atoms with Gasteiger partial charge in [-0.05, 0) is 103 Å². The summed E-state index contributed by atoms with van der Waals surface area (Å²) in [6.45, 7) is 4.68. The van der Waals surface area contributed by atoms with Gasteiger partial charge in [0.05, 0.1) is 25.2 Å². The summed E-state index contributed by atoms with van der Waals surface area (Å²) < 4.78 is 0. The molecule has 9 amide bonds. The molecule has 0 unspecified atom stereocenters. The number of benzene rings is 2. The third kappa shape index (κ3) is 11.6. The van der Waals surface area contributed by atoms with Crippen molar-refractivity contribution in [3.8, 4) is 0 Å². The van der Waals surface area contributed by atoms with Crippen molar-refractivity contribution in [1.82, 2.24) is 46.2 Å². The number of nitrogens with zero attached hydrogens (tertiary/aromatic N) is 4. The predicted molar refractivity (Wildman–Crippen MR) is 239 cm³/mol. The standard InChI is InChI=1S/C45H65N11O7/c1-28(46-3)39(57)51-36(42(60)54-23-9-10-24-54)26-53(5)44(62)48-31-16-18-32(19-17-31)49-45(63)55-25-22-33-20-21-38(56(33)43(61)37(27-55)52-40(58)29(2)47-4)41(59)50-35-15-11-14-34(35)30-12-7-6-8-13-30/h6-8,12-13,16-19,28-29,33-38,46-47H,9-11,14-15,20-27H2,1-5H3,(H,48,62)(H,49,63)(H,50,59)(H,51,57)(H,52,58)/t28-,29-,33+,34-,35-,36+,37-,38-/m0/s1. The van der Waals surface area contributed by atoms with Crippen LogP contribution in [0.3, 0.4) is 0 Å². The average Bonchev–Trinajstić information content (AvgIpc) is 4.09. The summed E-state index contributed by atoms with van der Waals surface area (Å²) in [5.74, 6) is -1.38. The van der Waals surface area contributed by atoms with Crippen LogP contribution in [0, 0.1) is 0 Å². The highest BCUT2D eigenvalue weighted by molar-refractivity contribution is 5.96. The first-order valence-corrected chi connectivity index (χ1v) is 22.4. The van der Waals surface area contributed by atoms with Crippen molar-refractivity contribution in [1.29, 1.82) is 0 Å². The molecule has 3 aliphatic heterocycles. The van der Waals surface area contributed by atoms with Crippen LogP contribution in [0.15, 0.2) is 54.6 Å². The Bertz CT molecular complexity index is 1950. The molecule has 3 heterocycles. The van der Waals surface area contributed by atoms with Crippen LogP contribution in [0.1, 0.15) is 76.7 Å². The lowest BCUT2D eigenvalue weighted by Crippen LogP contribution is -2.62. The highest BCUT2D eigenvalue weighted by atomic mass is 16.2. The Morgan fingerprint density at radius 1 is 0.730 bits per heavy atom. The fourth-order valence-corrected chi connectivity index (χ4v) is 9.05. The minimum atomic E-state index is -1.10. The van der Waals surface area contributed by atoms with Crippen molar-refractivity contribution in [3.05, 3.63) is 60.2 Å². The number of rotatable bonds is 14. The van der Waals surface area contributed by atoms with Crippen molar-refractivity contribution in [2.24, 2.45) is 0 Å². The molecule has 4 aliphatic rings. The van der Waals surface area contributed by atoms with Crippen molar-refractivity contribution in [3.63, 3.8) is 0 Å². The van der Waals surface area contributed by atoms with E-state index in [4.69, 9.17) is 0 Å². The summed E-state index contributed by atoms with van der Waals surface area (Å²) in [6, 6.07) is 11.5. The minimum absolute atomic E-state index is 0.0382. The molecule has 18 nitrogen and oxygen atoms in total. The zero-order valence-corrected chi connectivity index (χ0v) is 37.2.